The number of fused-ring (bicyclic) bond motifs is 2. The Morgan fingerprint density at radius 1 is 1.22 bits per heavy atom. The maximum atomic E-state index is 6.14. The molecule has 2 aliphatic rings. The molecule has 0 amide bonds. The first kappa shape index (κ1) is 11.8. The van der Waals surface area contributed by atoms with Crippen molar-refractivity contribution in [3.05, 3.63) is 23.8 Å². The third-order valence-corrected chi connectivity index (χ3v) is 4.60. The molecular weight excluding hydrogens is 224 g/mol. The molecule has 2 aliphatic heterocycles. The van der Waals surface area contributed by atoms with Gasteiger partial charge in [0.25, 0.3) is 0 Å². The standard InChI is InChI=1S/C15H22N2O/c1-10-7-13(5-6-15(10)16)18-14-8-11-3-4-12(9-14)17(11)2/h5-7,11-12,14H,3-4,8-9,16H2,1-2H3/t11-,12+,14?. The van der Waals surface area contributed by atoms with Gasteiger partial charge in [-0.1, -0.05) is 0 Å². The number of ether oxygens (including phenoxy) is 1. The molecule has 2 bridgehead atoms. The lowest BCUT2D eigenvalue weighted by molar-refractivity contribution is 0.0661. The fourth-order valence-corrected chi connectivity index (χ4v) is 3.37. The van der Waals surface area contributed by atoms with Gasteiger partial charge in [0.2, 0.25) is 0 Å². The first-order valence-corrected chi connectivity index (χ1v) is 6.88. The molecule has 3 heteroatoms. The maximum Gasteiger partial charge on any atom is 0.120 e. The molecule has 1 unspecified atom stereocenters. The van der Waals surface area contributed by atoms with Crippen molar-refractivity contribution < 1.29 is 4.74 Å². The molecule has 0 spiro atoms. The smallest absolute Gasteiger partial charge is 0.120 e. The number of nitrogen functional groups attached to an aromatic ring is 1. The summed E-state index contributed by atoms with van der Waals surface area (Å²) in [5.74, 6) is 0.968. The summed E-state index contributed by atoms with van der Waals surface area (Å²) < 4.78 is 6.14. The third kappa shape index (κ3) is 2.07. The normalized spacial score (nSPS) is 31.6. The first-order chi connectivity index (χ1) is 8.63. The van der Waals surface area contributed by atoms with Crippen LogP contribution in [0.2, 0.25) is 0 Å². The van der Waals surface area contributed by atoms with Gasteiger partial charge in [-0.15, -0.1) is 0 Å². The molecule has 2 heterocycles. The molecular formula is C15H22N2O. The Kier molecular flexibility index (Phi) is 2.94. The molecule has 2 fully saturated rings. The highest BCUT2D eigenvalue weighted by atomic mass is 16.5. The number of piperidine rings is 1. The molecule has 3 atom stereocenters. The summed E-state index contributed by atoms with van der Waals surface area (Å²) in [5.41, 5.74) is 7.77. The van der Waals surface area contributed by atoms with E-state index in [2.05, 4.69) is 18.0 Å². The van der Waals surface area contributed by atoms with Crippen molar-refractivity contribution in [2.75, 3.05) is 12.8 Å². The number of aryl methyl sites for hydroxylation is 1. The first-order valence-electron chi connectivity index (χ1n) is 6.88. The summed E-state index contributed by atoms with van der Waals surface area (Å²) in [6, 6.07) is 7.43. The van der Waals surface area contributed by atoms with Crippen molar-refractivity contribution in [2.45, 2.75) is 50.8 Å². The summed E-state index contributed by atoms with van der Waals surface area (Å²) in [6.45, 7) is 2.03. The SMILES string of the molecule is Cc1cc(OC2C[C@H]3CC[C@@H](C2)N3C)ccc1N. The van der Waals surface area contributed by atoms with Gasteiger partial charge in [0.1, 0.15) is 11.9 Å². The average Bonchev–Trinajstić information content (AvgIpc) is 2.58. The van der Waals surface area contributed by atoms with Crippen molar-refractivity contribution in [3.63, 3.8) is 0 Å². The van der Waals surface area contributed by atoms with E-state index in [1.54, 1.807) is 0 Å². The van der Waals surface area contributed by atoms with Crippen LogP contribution in [0.5, 0.6) is 5.75 Å². The number of hydrogen-bond acceptors (Lipinski definition) is 3. The Morgan fingerprint density at radius 3 is 2.50 bits per heavy atom. The second kappa shape index (κ2) is 4.47. The van der Waals surface area contributed by atoms with E-state index >= 15 is 0 Å². The van der Waals surface area contributed by atoms with Gasteiger partial charge in [0.05, 0.1) is 0 Å². The van der Waals surface area contributed by atoms with E-state index < -0.39 is 0 Å². The number of benzene rings is 1. The lowest BCUT2D eigenvalue weighted by atomic mass is 10.0. The molecule has 0 aromatic heterocycles. The van der Waals surface area contributed by atoms with Crippen LogP contribution in [-0.2, 0) is 0 Å². The topological polar surface area (TPSA) is 38.5 Å². The molecule has 2 N–H and O–H groups in total. The Hall–Kier alpha value is -1.22. The minimum absolute atomic E-state index is 0.377. The van der Waals surface area contributed by atoms with Crippen molar-refractivity contribution in [1.29, 1.82) is 0 Å². The monoisotopic (exact) mass is 246 g/mol. The average molecular weight is 246 g/mol. The van der Waals surface area contributed by atoms with Crippen LogP contribution in [0.4, 0.5) is 5.69 Å². The van der Waals surface area contributed by atoms with Gasteiger partial charge in [-0.3, -0.25) is 0 Å². The highest BCUT2D eigenvalue weighted by Crippen LogP contribution is 2.36. The highest BCUT2D eigenvalue weighted by molar-refractivity contribution is 5.49. The molecule has 18 heavy (non-hydrogen) atoms. The predicted molar refractivity (Wildman–Crippen MR) is 73.8 cm³/mol. The van der Waals surface area contributed by atoms with Crippen LogP contribution in [0.15, 0.2) is 18.2 Å². The van der Waals surface area contributed by atoms with E-state index in [-0.39, 0.29) is 0 Å². The zero-order chi connectivity index (χ0) is 12.7. The lowest BCUT2D eigenvalue weighted by Crippen LogP contribution is -2.43. The van der Waals surface area contributed by atoms with E-state index in [1.807, 2.05) is 19.1 Å². The van der Waals surface area contributed by atoms with E-state index in [9.17, 15) is 0 Å². The van der Waals surface area contributed by atoms with Crippen molar-refractivity contribution in [2.24, 2.45) is 0 Å². The van der Waals surface area contributed by atoms with Crippen molar-refractivity contribution in [3.8, 4) is 5.75 Å². The Labute approximate surface area is 109 Å². The maximum absolute atomic E-state index is 6.14. The number of nitrogens with zero attached hydrogens (tertiary/aromatic N) is 1. The van der Waals surface area contributed by atoms with Crippen LogP contribution >= 0.6 is 0 Å². The molecule has 0 radical (unpaired) electrons. The van der Waals surface area contributed by atoms with Gasteiger partial charge in [0.15, 0.2) is 0 Å². The Balaban J connectivity index is 1.68. The quantitative estimate of drug-likeness (QED) is 0.815. The van der Waals surface area contributed by atoms with Crippen LogP contribution in [0, 0.1) is 6.92 Å². The summed E-state index contributed by atoms with van der Waals surface area (Å²) in [5, 5.41) is 0. The molecule has 98 valence electrons. The minimum atomic E-state index is 0.377. The summed E-state index contributed by atoms with van der Waals surface area (Å²) >= 11 is 0. The fourth-order valence-electron chi connectivity index (χ4n) is 3.37. The Morgan fingerprint density at radius 2 is 1.89 bits per heavy atom. The van der Waals surface area contributed by atoms with Crippen molar-refractivity contribution in [1.82, 2.24) is 4.90 Å². The largest absolute Gasteiger partial charge is 0.490 e. The predicted octanol–water partition coefficient (Wildman–Crippen LogP) is 2.58. The lowest BCUT2D eigenvalue weighted by Gasteiger charge is -2.36. The van der Waals surface area contributed by atoms with Crippen LogP contribution in [-0.4, -0.2) is 30.1 Å². The molecule has 3 nitrogen and oxygen atoms in total. The zero-order valence-electron chi connectivity index (χ0n) is 11.2. The summed E-state index contributed by atoms with van der Waals surface area (Å²) in [4.78, 5) is 2.54. The molecule has 3 rings (SSSR count). The zero-order valence-corrected chi connectivity index (χ0v) is 11.2. The third-order valence-electron chi connectivity index (χ3n) is 4.60. The highest BCUT2D eigenvalue weighted by Gasteiger charge is 2.39. The number of nitrogens with two attached hydrogens (primary N) is 1. The number of anilines is 1. The number of hydrogen-bond donors (Lipinski definition) is 1. The van der Waals surface area contributed by atoms with Crippen LogP contribution in [0.25, 0.3) is 0 Å². The van der Waals surface area contributed by atoms with E-state index in [1.165, 1.54) is 12.8 Å². The molecule has 2 saturated heterocycles. The summed E-state index contributed by atoms with van der Waals surface area (Å²) in [6.07, 6.45) is 5.37. The van der Waals surface area contributed by atoms with Gasteiger partial charge < -0.3 is 15.4 Å². The van der Waals surface area contributed by atoms with E-state index in [4.69, 9.17) is 10.5 Å². The van der Waals surface area contributed by atoms with Crippen LogP contribution in [0.3, 0.4) is 0 Å². The molecule has 0 saturated carbocycles. The van der Waals surface area contributed by atoms with Gasteiger partial charge in [-0.2, -0.15) is 0 Å². The molecule has 1 aromatic rings. The second-order valence-electron chi connectivity index (χ2n) is 5.78. The van der Waals surface area contributed by atoms with E-state index in [0.717, 1.165) is 41.9 Å². The van der Waals surface area contributed by atoms with E-state index in [0.29, 0.717) is 6.10 Å². The second-order valence-corrected chi connectivity index (χ2v) is 5.78. The molecule has 1 aromatic carbocycles. The van der Waals surface area contributed by atoms with Crippen molar-refractivity contribution >= 4 is 5.69 Å². The number of rotatable bonds is 2. The minimum Gasteiger partial charge on any atom is -0.490 e. The van der Waals surface area contributed by atoms with Gasteiger partial charge in [0, 0.05) is 17.8 Å². The van der Waals surface area contributed by atoms with Gasteiger partial charge >= 0.3 is 0 Å². The Bertz CT molecular complexity index is 432. The van der Waals surface area contributed by atoms with Crippen LogP contribution in [0.1, 0.15) is 31.2 Å². The van der Waals surface area contributed by atoms with Gasteiger partial charge in [-0.05, 0) is 63.4 Å². The van der Waals surface area contributed by atoms with Gasteiger partial charge in [-0.25, -0.2) is 0 Å². The fraction of sp³-hybridized carbons (Fsp3) is 0.600. The van der Waals surface area contributed by atoms with Crippen LogP contribution < -0.4 is 10.5 Å². The summed E-state index contributed by atoms with van der Waals surface area (Å²) in [7, 11) is 2.26. The molecule has 0 aliphatic carbocycles.